The highest BCUT2D eigenvalue weighted by molar-refractivity contribution is 4.94. The van der Waals surface area contributed by atoms with E-state index in [-0.39, 0.29) is 0 Å². The van der Waals surface area contributed by atoms with Crippen molar-refractivity contribution in [1.29, 1.82) is 0 Å². The van der Waals surface area contributed by atoms with E-state index < -0.39 is 5.60 Å². The minimum absolute atomic E-state index is 0.413. The van der Waals surface area contributed by atoms with Crippen molar-refractivity contribution < 1.29 is 5.11 Å². The summed E-state index contributed by atoms with van der Waals surface area (Å²) in [6.45, 7) is 2.73. The van der Waals surface area contributed by atoms with Crippen molar-refractivity contribution in [3.05, 3.63) is 0 Å². The molecule has 3 N–H and O–H groups in total. The molecule has 0 aromatic heterocycles. The van der Waals surface area contributed by atoms with Crippen molar-refractivity contribution in [3.8, 4) is 0 Å². The number of nitrogens with two attached hydrogens (primary N) is 1. The van der Waals surface area contributed by atoms with Crippen molar-refractivity contribution in [3.63, 3.8) is 0 Å². The lowest BCUT2D eigenvalue weighted by Gasteiger charge is -2.27. The monoisotopic (exact) mass is 157 g/mol. The summed E-state index contributed by atoms with van der Waals surface area (Å²) in [4.78, 5) is 0. The number of rotatable bonds is 5. The van der Waals surface area contributed by atoms with Gasteiger partial charge in [0.05, 0.1) is 5.60 Å². The molecule has 0 aliphatic heterocycles. The lowest BCUT2D eigenvalue weighted by molar-refractivity contribution is 0.00237. The summed E-state index contributed by atoms with van der Waals surface area (Å²) >= 11 is 0. The Hall–Kier alpha value is -0.0800. The van der Waals surface area contributed by atoms with E-state index in [2.05, 4.69) is 6.92 Å². The molecule has 0 amide bonds. The quantitative estimate of drug-likeness (QED) is 0.631. The van der Waals surface area contributed by atoms with Crippen molar-refractivity contribution in [2.75, 3.05) is 6.54 Å². The molecule has 11 heavy (non-hydrogen) atoms. The van der Waals surface area contributed by atoms with Crippen LogP contribution < -0.4 is 5.73 Å². The molecule has 66 valence electrons. The molecule has 0 bridgehead atoms. The van der Waals surface area contributed by atoms with E-state index in [9.17, 15) is 5.11 Å². The first-order chi connectivity index (χ1) is 5.23. The minimum atomic E-state index is -0.413. The molecular weight excluding hydrogens is 138 g/mol. The number of hydrogen-bond acceptors (Lipinski definition) is 2. The van der Waals surface area contributed by atoms with Crippen molar-refractivity contribution in [2.45, 2.75) is 44.6 Å². The van der Waals surface area contributed by atoms with Crippen LogP contribution in [-0.2, 0) is 0 Å². The van der Waals surface area contributed by atoms with Crippen LogP contribution in [0.2, 0.25) is 0 Å². The maximum atomic E-state index is 10.1. The molecule has 1 rings (SSSR count). The largest absolute Gasteiger partial charge is 0.390 e. The summed E-state index contributed by atoms with van der Waals surface area (Å²) in [5.74, 6) is 0.561. The summed E-state index contributed by atoms with van der Waals surface area (Å²) < 4.78 is 0. The van der Waals surface area contributed by atoms with Crippen LogP contribution in [0.5, 0.6) is 0 Å². The summed E-state index contributed by atoms with van der Waals surface area (Å²) in [7, 11) is 0. The second-order valence-electron chi connectivity index (χ2n) is 3.67. The third kappa shape index (κ3) is 2.17. The fourth-order valence-electron chi connectivity index (χ4n) is 1.84. The predicted octanol–water partition coefficient (Wildman–Crippen LogP) is 1.28. The van der Waals surface area contributed by atoms with Gasteiger partial charge in [-0.3, -0.25) is 0 Å². The van der Waals surface area contributed by atoms with Crippen molar-refractivity contribution >= 4 is 0 Å². The van der Waals surface area contributed by atoms with E-state index in [4.69, 9.17) is 5.73 Å². The van der Waals surface area contributed by atoms with Crippen LogP contribution in [0.25, 0.3) is 0 Å². The zero-order valence-electron chi connectivity index (χ0n) is 7.34. The fraction of sp³-hybridized carbons (Fsp3) is 1.00. The summed E-state index contributed by atoms with van der Waals surface area (Å²) in [6.07, 6.45) is 5.18. The van der Waals surface area contributed by atoms with E-state index in [1.54, 1.807) is 0 Å². The van der Waals surface area contributed by atoms with E-state index in [0.717, 1.165) is 19.3 Å². The van der Waals surface area contributed by atoms with Gasteiger partial charge in [0.25, 0.3) is 0 Å². The average Bonchev–Trinajstić information content (AvgIpc) is 2.68. The van der Waals surface area contributed by atoms with Crippen molar-refractivity contribution in [2.24, 2.45) is 11.7 Å². The molecule has 0 radical (unpaired) electrons. The molecule has 1 aliphatic carbocycles. The van der Waals surface area contributed by atoms with Gasteiger partial charge in [0, 0.05) is 0 Å². The smallest absolute Gasteiger partial charge is 0.0687 e. The predicted molar refractivity (Wildman–Crippen MR) is 46.3 cm³/mol. The standard InChI is InChI=1S/C9H19NO/c1-2-5-9(11,6-7-10)8-3-4-8/h8,11H,2-7,10H2,1H3. The van der Waals surface area contributed by atoms with Crippen LogP contribution in [0, 0.1) is 5.92 Å². The zero-order valence-corrected chi connectivity index (χ0v) is 7.34. The van der Waals surface area contributed by atoms with E-state index in [1.165, 1.54) is 12.8 Å². The van der Waals surface area contributed by atoms with E-state index in [0.29, 0.717) is 12.5 Å². The first-order valence-electron chi connectivity index (χ1n) is 4.65. The van der Waals surface area contributed by atoms with Crippen LogP contribution >= 0.6 is 0 Å². The molecular formula is C9H19NO. The van der Waals surface area contributed by atoms with Gasteiger partial charge in [-0.2, -0.15) is 0 Å². The number of aliphatic hydroxyl groups is 1. The second-order valence-corrected chi connectivity index (χ2v) is 3.67. The summed E-state index contributed by atoms with van der Waals surface area (Å²) in [5, 5.41) is 10.1. The SMILES string of the molecule is CCCC(O)(CCN)C1CC1. The molecule has 2 heteroatoms. The fourth-order valence-corrected chi connectivity index (χ4v) is 1.84. The third-order valence-electron chi connectivity index (χ3n) is 2.60. The number of hydrogen-bond donors (Lipinski definition) is 2. The van der Waals surface area contributed by atoms with Gasteiger partial charge in [-0.15, -0.1) is 0 Å². The molecule has 1 unspecified atom stereocenters. The van der Waals surface area contributed by atoms with E-state index in [1.807, 2.05) is 0 Å². The Morgan fingerprint density at radius 1 is 1.45 bits per heavy atom. The van der Waals surface area contributed by atoms with Crippen LogP contribution in [-0.4, -0.2) is 17.3 Å². The van der Waals surface area contributed by atoms with Crippen LogP contribution in [0.4, 0.5) is 0 Å². The van der Waals surface area contributed by atoms with Gasteiger partial charge < -0.3 is 10.8 Å². The Bertz CT molecular complexity index is 115. The molecule has 1 fully saturated rings. The second kappa shape index (κ2) is 3.55. The highest BCUT2D eigenvalue weighted by atomic mass is 16.3. The first kappa shape index (κ1) is 9.01. The Balaban J connectivity index is 2.39. The normalized spacial score (nSPS) is 23.2. The highest BCUT2D eigenvalue weighted by Crippen LogP contribution is 2.43. The van der Waals surface area contributed by atoms with Crippen molar-refractivity contribution in [1.82, 2.24) is 0 Å². The summed E-state index contributed by atoms with van der Waals surface area (Å²) in [5.41, 5.74) is 5.04. The molecule has 0 saturated heterocycles. The molecule has 0 aromatic carbocycles. The van der Waals surface area contributed by atoms with Gasteiger partial charge in [-0.1, -0.05) is 13.3 Å². The lowest BCUT2D eigenvalue weighted by atomic mass is 9.89. The maximum absolute atomic E-state index is 10.1. The summed E-state index contributed by atoms with van der Waals surface area (Å²) in [6, 6.07) is 0. The van der Waals surface area contributed by atoms with Gasteiger partial charge in [0.15, 0.2) is 0 Å². The van der Waals surface area contributed by atoms with Gasteiger partial charge in [0.1, 0.15) is 0 Å². The minimum Gasteiger partial charge on any atom is -0.390 e. The molecule has 1 saturated carbocycles. The van der Waals surface area contributed by atoms with Gasteiger partial charge in [-0.05, 0) is 38.1 Å². The van der Waals surface area contributed by atoms with Gasteiger partial charge in [-0.25, -0.2) is 0 Å². The van der Waals surface area contributed by atoms with Gasteiger partial charge in [0.2, 0.25) is 0 Å². The van der Waals surface area contributed by atoms with Crippen LogP contribution in [0.3, 0.4) is 0 Å². The topological polar surface area (TPSA) is 46.2 Å². The van der Waals surface area contributed by atoms with Crippen LogP contribution in [0.1, 0.15) is 39.0 Å². The molecule has 1 atom stereocenters. The first-order valence-corrected chi connectivity index (χ1v) is 4.65. The lowest BCUT2D eigenvalue weighted by Crippen LogP contribution is -2.33. The van der Waals surface area contributed by atoms with Gasteiger partial charge >= 0.3 is 0 Å². The Labute approximate surface area is 68.8 Å². The zero-order chi connectivity index (χ0) is 8.32. The molecule has 2 nitrogen and oxygen atoms in total. The Morgan fingerprint density at radius 3 is 2.45 bits per heavy atom. The average molecular weight is 157 g/mol. The highest BCUT2D eigenvalue weighted by Gasteiger charge is 2.41. The Kier molecular flexibility index (Phi) is 2.90. The maximum Gasteiger partial charge on any atom is 0.0687 e. The Morgan fingerprint density at radius 2 is 2.09 bits per heavy atom. The molecule has 1 aliphatic rings. The molecule has 0 spiro atoms. The third-order valence-corrected chi connectivity index (χ3v) is 2.60. The molecule has 0 heterocycles. The van der Waals surface area contributed by atoms with E-state index >= 15 is 0 Å². The van der Waals surface area contributed by atoms with Crippen LogP contribution in [0.15, 0.2) is 0 Å². The molecule has 0 aromatic rings.